The molecule has 0 aliphatic rings. The Kier molecular flexibility index (Phi) is 6.03. The van der Waals surface area contributed by atoms with Gasteiger partial charge in [0.25, 0.3) is 5.56 Å². The van der Waals surface area contributed by atoms with Crippen molar-refractivity contribution >= 4 is 39.7 Å². The second-order valence-electron chi connectivity index (χ2n) is 7.52. The van der Waals surface area contributed by atoms with E-state index in [1.165, 1.54) is 34.4 Å². The topological polar surface area (TPSA) is 61.8 Å². The lowest BCUT2D eigenvalue weighted by atomic mass is 10.1. The Morgan fingerprint density at radius 3 is 2.66 bits per heavy atom. The van der Waals surface area contributed by atoms with Crippen LogP contribution in [-0.4, -0.2) is 24.5 Å². The van der Waals surface area contributed by atoms with Crippen molar-refractivity contribution in [2.24, 2.45) is 0 Å². The van der Waals surface area contributed by atoms with Gasteiger partial charge in [0.2, 0.25) is 0 Å². The first-order valence-electron chi connectivity index (χ1n) is 9.94. The van der Waals surface area contributed by atoms with Crippen LogP contribution in [0.4, 0.5) is 4.39 Å². The molecule has 0 bridgehead atoms. The van der Waals surface area contributed by atoms with E-state index in [9.17, 15) is 14.0 Å². The second kappa shape index (κ2) is 8.76. The van der Waals surface area contributed by atoms with Crippen LogP contribution in [0, 0.1) is 23.6 Å². The SMILES string of the molecule is C=CCn1c(=S)sc2c(=O)n(CC(=O)c3cc(C)n(Cc4ccc(F)cc4)c3C)cnc21. The van der Waals surface area contributed by atoms with Crippen LogP contribution in [0.2, 0.25) is 0 Å². The molecule has 6 nitrogen and oxygen atoms in total. The summed E-state index contributed by atoms with van der Waals surface area (Å²) >= 11 is 6.52. The molecule has 4 aromatic rings. The number of hydrogen-bond acceptors (Lipinski definition) is 5. The molecule has 3 aromatic heterocycles. The Labute approximate surface area is 192 Å². The van der Waals surface area contributed by atoms with Crippen molar-refractivity contribution in [3.63, 3.8) is 0 Å². The van der Waals surface area contributed by atoms with Crippen LogP contribution in [0.25, 0.3) is 10.3 Å². The molecule has 1 aromatic carbocycles. The normalized spacial score (nSPS) is 11.2. The lowest BCUT2D eigenvalue weighted by Gasteiger charge is -2.10. The highest BCUT2D eigenvalue weighted by Crippen LogP contribution is 2.20. The number of carbonyl (C=O) groups excluding carboxylic acids is 1. The summed E-state index contributed by atoms with van der Waals surface area (Å²) in [7, 11) is 0. The molecule has 3 heterocycles. The van der Waals surface area contributed by atoms with Crippen molar-refractivity contribution in [2.45, 2.75) is 33.5 Å². The van der Waals surface area contributed by atoms with E-state index in [1.54, 1.807) is 22.8 Å². The summed E-state index contributed by atoms with van der Waals surface area (Å²) in [5.74, 6) is -0.466. The van der Waals surface area contributed by atoms with Crippen molar-refractivity contribution in [1.29, 1.82) is 0 Å². The first-order valence-corrected chi connectivity index (χ1v) is 11.2. The molecule has 0 atom stereocenters. The van der Waals surface area contributed by atoms with Gasteiger partial charge in [-0.05, 0) is 49.8 Å². The first-order chi connectivity index (χ1) is 15.3. The van der Waals surface area contributed by atoms with Crippen LogP contribution in [0.5, 0.6) is 0 Å². The Bertz CT molecular complexity index is 1460. The van der Waals surface area contributed by atoms with Gasteiger partial charge in [-0.3, -0.25) is 14.2 Å². The molecule has 0 aliphatic carbocycles. The Morgan fingerprint density at radius 1 is 1.25 bits per heavy atom. The zero-order valence-corrected chi connectivity index (χ0v) is 19.3. The highest BCUT2D eigenvalue weighted by Gasteiger charge is 2.18. The molecule has 0 radical (unpaired) electrons. The molecule has 0 saturated carbocycles. The number of hydrogen-bond donors (Lipinski definition) is 0. The summed E-state index contributed by atoms with van der Waals surface area (Å²) in [4.78, 5) is 30.4. The highest BCUT2D eigenvalue weighted by atomic mass is 32.1. The number of rotatable bonds is 7. The van der Waals surface area contributed by atoms with Gasteiger partial charge in [-0.15, -0.1) is 6.58 Å². The first kappa shape index (κ1) is 22.0. The number of allylic oxidation sites excluding steroid dienone is 1. The summed E-state index contributed by atoms with van der Waals surface area (Å²) in [6, 6.07) is 8.11. The molecule has 0 unspecified atom stereocenters. The summed E-state index contributed by atoms with van der Waals surface area (Å²) in [5.41, 5.74) is 3.41. The third-order valence-corrected chi connectivity index (χ3v) is 6.82. The van der Waals surface area contributed by atoms with E-state index in [0.717, 1.165) is 17.0 Å². The van der Waals surface area contributed by atoms with E-state index < -0.39 is 0 Å². The average molecular weight is 469 g/mol. The van der Waals surface area contributed by atoms with Gasteiger partial charge in [0.15, 0.2) is 15.4 Å². The molecule has 0 N–H and O–H groups in total. The zero-order valence-electron chi connectivity index (χ0n) is 17.7. The predicted molar refractivity (Wildman–Crippen MR) is 127 cm³/mol. The number of halogens is 1. The molecule has 0 aliphatic heterocycles. The molecule has 0 amide bonds. The second-order valence-corrected chi connectivity index (χ2v) is 9.16. The fourth-order valence-corrected chi connectivity index (χ4v) is 5.03. The fraction of sp³-hybridized carbons (Fsp3) is 0.217. The zero-order chi connectivity index (χ0) is 23.0. The summed E-state index contributed by atoms with van der Waals surface area (Å²) in [6.07, 6.45) is 3.09. The molecule has 9 heteroatoms. The highest BCUT2D eigenvalue weighted by molar-refractivity contribution is 7.73. The fourth-order valence-electron chi connectivity index (χ4n) is 3.71. The number of fused-ring (bicyclic) bond motifs is 1. The van der Waals surface area contributed by atoms with Gasteiger partial charge in [0.1, 0.15) is 16.8 Å². The molecular formula is C23H21FN4O2S2. The Morgan fingerprint density at radius 2 is 1.97 bits per heavy atom. The van der Waals surface area contributed by atoms with E-state index >= 15 is 0 Å². The van der Waals surface area contributed by atoms with Gasteiger partial charge in [-0.25, -0.2) is 9.37 Å². The smallest absolute Gasteiger partial charge is 0.273 e. The maximum Gasteiger partial charge on any atom is 0.273 e. The molecule has 0 spiro atoms. The molecular weight excluding hydrogens is 447 g/mol. The van der Waals surface area contributed by atoms with Crippen molar-refractivity contribution in [3.8, 4) is 0 Å². The lowest BCUT2D eigenvalue weighted by molar-refractivity contribution is 0.0970. The maximum atomic E-state index is 13.2. The summed E-state index contributed by atoms with van der Waals surface area (Å²) in [5, 5.41) is 0. The van der Waals surface area contributed by atoms with E-state index in [4.69, 9.17) is 12.2 Å². The molecule has 32 heavy (non-hydrogen) atoms. The van der Waals surface area contributed by atoms with Crippen molar-refractivity contribution in [2.75, 3.05) is 0 Å². The maximum absolute atomic E-state index is 13.2. The molecule has 0 fully saturated rings. The van der Waals surface area contributed by atoms with Gasteiger partial charge in [-0.2, -0.15) is 0 Å². The lowest BCUT2D eigenvalue weighted by Crippen LogP contribution is -2.24. The number of aromatic nitrogens is 4. The van der Waals surface area contributed by atoms with Gasteiger partial charge < -0.3 is 9.13 Å². The summed E-state index contributed by atoms with van der Waals surface area (Å²) in [6.45, 7) is 8.37. The number of carbonyl (C=O) groups is 1. The summed E-state index contributed by atoms with van der Waals surface area (Å²) < 4.78 is 19.2. The Balaban J connectivity index is 1.63. The minimum absolute atomic E-state index is 0.116. The Hall–Kier alpha value is -3.17. The van der Waals surface area contributed by atoms with Crippen molar-refractivity contribution in [1.82, 2.24) is 18.7 Å². The van der Waals surface area contributed by atoms with Crippen LogP contribution >= 0.6 is 23.6 Å². The molecule has 164 valence electrons. The van der Waals surface area contributed by atoms with Gasteiger partial charge in [-0.1, -0.05) is 29.5 Å². The van der Waals surface area contributed by atoms with Crippen LogP contribution in [0.1, 0.15) is 27.3 Å². The van der Waals surface area contributed by atoms with Crippen LogP contribution in [0.3, 0.4) is 0 Å². The number of ketones is 1. The van der Waals surface area contributed by atoms with Gasteiger partial charge in [0.05, 0.1) is 6.54 Å². The molecule has 4 rings (SSSR count). The van der Waals surface area contributed by atoms with E-state index in [2.05, 4.69) is 11.6 Å². The minimum Gasteiger partial charge on any atom is -0.344 e. The van der Waals surface area contributed by atoms with E-state index in [1.807, 2.05) is 24.5 Å². The van der Waals surface area contributed by atoms with Crippen molar-refractivity contribution < 1.29 is 9.18 Å². The van der Waals surface area contributed by atoms with Crippen LogP contribution < -0.4 is 5.56 Å². The van der Waals surface area contributed by atoms with Gasteiger partial charge in [0, 0.05) is 30.0 Å². The number of aryl methyl sites for hydroxylation is 1. The minimum atomic E-state index is -0.289. The number of Topliss-reactive ketones (excluding diaryl/α,β-unsaturated/α-hetero) is 1. The monoisotopic (exact) mass is 468 g/mol. The van der Waals surface area contributed by atoms with Crippen molar-refractivity contribution in [3.05, 3.63) is 92.0 Å². The third-order valence-electron chi connectivity index (χ3n) is 5.40. The number of benzene rings is 1. The number of thiazole rings is 1. The van der Waals surface area contributed by atoms with E-state index in [0.29, 0.717) is 33.0 Å². The number of nitrogens with zero attached hydrogens (tertiary/aromatic N) is 4. The van der Waals surface area contributed by atoms with Crippen LogP contribution in [0.15, 0.2) is 54.1 Å². The van der Waals surface area contributed by atoms with Crippen LogP contribution in [-0.2, 0) is 19.6 Å². The largest absolute Gasteiger partial charge is 0.344 e. The quantitative estimate of drug-likeness (QED) is 0.225. The van der Waals surface area contributed by atoms with Gasteiger partial charge >= 0.3 is 0 Å². The third kappa shape index (κ3) is 4.01. The average Bonchev–Trinajstić information content (AvgIpc) is 3.23. The predicted octanol–water partition coefficient (Wildman–Crippen LogP) is 4.66. The standard InChI is InChI=1S/C23H21FN4O2S2/c1-4-9-27-21-20(32-23(27)31)22(30)26(13-25-21)12-19(29)18-10-14(2)28(15(18)3)11-16-5-7-17(24)8-6-16/h4-8,10,13H,1,9,11-12H2,2-3H3. The molecule has 0 saturated heterocycles. The van der Waals surface area contributed by atoms with E-state index in [-0.39, 0.29) is 23.7 Å².